The lowest BCUT2D eigenvalue weighted by atomic mass is 9.84. The second kappa shape index (κ2) is 8.40. The fourth-order valence-corrected chi connectivity index (χ4v) is 5.09. The number of carbonyl (C=O) groups excluding carboxylic acids is 3. The molecule has 0 bridgehead atoms. The van der Waals surface area contributed by atoms with Crippen LogP contribution >= 0.6 is 0 Å². The molecule has 146 valence electrons. The molecule has 3 atom stereocenters. The van der Waals surface area contributed by atoms with Crippen LogP contribution in [0.3, 0.4) is 0 Å². The van der Waals surface area contributed by atoms with Gasteiger partial charge in [-0.1, -0.05) is 19.3 Å². The molecule has 6 heteroatoms. The van der Waals surface area contributed by atoms with Crippen molar-refractivity contribution in [1.82, 2.24) is 14.7 Å². The molecule has 2 saturated heterocycles. The van der Waals surface area contributed by atoms with E-state index in [1.54, 1.807) is 6.92 Å². The maximum absolute atomic E-state index is 13.0. The van der Waals surface area contributed by atoms with E-state index in [0.717, 1.165) is 51.5 Å². The molecular weight excluding hydrogens is 330 g/mol. The third kappa shape index (κ3) is 4.04. The van der Waals surface area contributed by atoms with Crippen LogP contribution in [0.5, 0.6) is 0 Å². The number of fused-ring (bicyclic) bond motifs is 1. The van der Waals surface area contributed by atoms with Crippen molar-refractivity contribution >= 4 is 17.7 Å². The second-order valence-electron chi connectivity index (χ2n) is 8.18. The van der Waals surface area contributed by atoms with Gasteiger partial charge in [0.2, 0.25) is 17.7 Å². The van der Waals surface area contributed by atoms with E-state index in [1.165, 1.54) is 0 Å². The molecular formula is C20H33N3O3. The molecule has 0 radical (unpaired) electrons. The predicted molar refractivity (Wildman–Crippen MR) is 99.4 cm³/mol. The van der Waals surface area contributed by atoms with Crippen molar-refractivity contribution in [2.75, 3.05) is 19.6 Å². The maximum Gasteiger partial charge on any atom is 0.224 e. The summed E-state index contributed by atoms with van der Waals surface area (Å²) in [5, 5.41) is 0. The van der Waals surface area contributed by atoms with E-state index < -0.39 is 0 Å². The molecule has 3 fully saturated rings. The van der Waals surface area contributed by atoms with Gasteiger partial charge in [-0.3, -0.25) is 14.4 Å². The molecule has 26 heavy (non-hydrogen) atoms. The zero-order valence-electron chi connectivity index (χ0n) is 16.3. The topological polar surface area (TPSA) is 60.9 Å². The molecule has 3 rings (SSSR count). The van der Waals surface area contributed by atoms with Gasteiger partial charge in [0.15, 0.2) is 0 Å². The number of likely N-dealkylation sites (tertiary alicyclic amines) is 1. The summed E-state index contributed by atoms with van der Waals surface area (Å²) in [6.45, 7) is 5.63. The summed E-state index contributed by atoms with van der Waals surface area (Å²) in [6.07, 6.45) is 8.35. The molecule has 1 aliphatic carbocycles. The van der Waals surface area contributed by atoms with Crippen LogP contribution in [0.2, 0.25) is 0 Å². The van der Waals surface area contributed by atoms with Crippen LogP contribution in [0.15, 0.2) is 0 Å². The Kier molecular flexibility index (Phi) is 6.20. The largest absolute Gasteiger partial charge is 0.342 e. The van der Waals surface area contributed by atoms with E-state index in [9.17, 15) is 14.4 Å². The van der Waals surface area contributed by atoms with E-state index in [2.05, 4.69) is 0 Å². The first-order chi connectivity index (χ1) is 12.5. The van der Waals surface area contributed by atoms with Gasteiger partial charge >= 0.3 is 0 Å². The minimum Gasteiger partial charge on any atom is -0.342 e. The molecule has 0 aromatic rings. The zero-order valence-corrected chi connectivity index (χ0v) is 16.3. The Labute approximate surface area is 156 Å². The quantitative estimate of drug-likeness (QED) is 0.772. The van der Waals surface area contributed by atoms with E-state index in [1.807, 2.05) is 21.6 Å². The summed E-state index contributed by atoms with van der Waals surface area (Å²) in [6, 6.07) is 0.376. The normalized spacial score (nSPS) is 30.0. The van der Waals surface area contributed by atoms with Crippen LogP contribution in [0.4, 0.5) is 0 Å². The molecule has 0 spiro atoms. The van der Waals surface area contributed by atoms with Gasteiger partial charge in [-0.25, -0.2) is 0 Å². The summed E-state index contributed by atoms with van der Waals surface area (Å²) in [5.41, 5.74) is 0. The lowest BCUT2D eigenvalue weighted by Crippen LogP contribution is -2.66. The van der Waals surface area contributed by atoms with Crippen LogP contribution in [0.1, 0.15) is 71.6 Å². The lowest BCUT2D eigenvalue weighted by Gasteiger charge is -2.52. The van der Waals surface area contributed by atoms with Gasteiger partial charge in [0.1, 0.15) is 0 Å². The highest BCUT2D eigenvalue weighted by Gasteiger charge is 2.43. The van der Waals surface area contributed by atoms with Gasteiger partial charge in [0.05, 0.1) is 12.1 Å². The Morgan fingerprint density at radius 3 is 2.50 bits per heavy atom. The van der Waals surface area contributed by atoms with Crippen molar-refractivity contribution in [2.45, 2.75) is 89.8 Å². The van der Waals surface area contributed by atoms with Crippen LogP contribution in [0, 0.1) is 0 Å². The third-order valence-electron chi connectivity index (χ3n) is 6.34. The van der Waals surface area contributed by atoms with Crippen LogP contribution in [-0.4, -0.2) is 70.2 Å². The van der Waals surface area contributed by atoms with Crippen LogP contribution in [-0.2, 0) is 14.4 Å². The fourth-order valence-electron chi connectivity index (χ4n) is 5.09. The monoisotopic (exact) mass is 363 g/mol. The minimum atomic E-state index is 0.0654. The summed E-state index contributed by atoms with van der Waals surface area (Å²) in [5.74, 6) is 0.464. The average molecular weight is 364 g/mol. The van der Waals surface area contributed by atoms with E-state index in [-0.39, 0.29) is 35.8 Å². The number of amides is 3. The molecule has 2 aliphatic heterocycles. The number of carbonyl (C=O) groups is 3. The van der Waals surface area contributed by atoms with Crippen LogP contribution < -0.4 is 0 Å². The van der Waals surface area contributed by atoms with Crippen molar-refractivity contribution in [3.63, 3.8) is 0 Å². The SMILES string of the molecule is CC(=O)N1C(C)CN(C(=O)CCN2CCCCCC2=O)C2CCCCC21. The fraction of sp³-hybridized carbons (Fsp3) is 0.850. The molecule has 2 heterocycles. The van der Waals surface area contributed by atoms with Gasteiger partial charge in [0, 0.05) is 45.4 Å². The zero-order chi connectivity index (χ0) is 18.7. The van der Waals surface area contributed by atoms with Crippen molar-refractivity contribution < 1.29 is 14.4 Å². The van der Waals surface area contributed by atoms with Crippen LogP contribution in [0.25, 0.3) is 0 Å². The number of hydrogen-bond donors (Lipinski definition) is 0. The Hall–Kier alpha value is -1.59. The highest BCUT2D eigenvalue weighted by atomic mass is 16.2. The molecule has 0 aromatic carbocycles. The van der Waals surface area contributed by atoms with Gasteiger partial charge in [-0.2, -0.15) is 0 Å². The first-order valence-corrected chi connectivity index (χ1v) is 10.3. The molecule has 6 nitrogen and oxygen atoms in total. The summed E-state index contributed by atoms with van der Waals surface area (Å²) >= 11 is 0. The first kappa shape index (κ1) is 19.2. The maximum atomic E-state index is 13.0. The number of hydrogen-bond acceptors (Lipinski definition) is 3. The third-order valence-corrected chi connectivity index (χ3v) is 6.34. The number of piperazine rings is 1. The Balaban J connectivity index is 1.64. The Bertz CT molecular complexity index is 550. The molecule has 1 saturated carbocycles. The van der Waals surface area contributed by atoms with E-state index in [0.29, 0.717) is 25.9 Å². The van der Waals surface area contributed by atoms with Crippen molar-refractivity contribution in [2.24, 2.45) is 0 Å². The standard InChI is InChI=1S/C20H33N3O3/c1-15-14-22(17-8-5-6-9-18(17)23(15)16(2)24)20(26)11-13-21-12-7-3-4-10-19(21)25/h15,17-18H,3-14H2,1-2H3. The Morgan fingerprint density at radius 1 is 1.04 bits per heavy atom. The number of rotatable bonds is 3. The molecule has 3 amide bonds. The van der Waals surface area contributed by atoms with Crippen molar-refractivity contribution in [3.8, 4) is 0 Å². The molecule has 0 aromatic heterocycles. The highest BCUT2D eigenvalue weighted by molar-refractivity contribution is 5.80. The predicted octanol–water partition coefficient (Wildman–Crippen LogP) is 2.17. The van der Waals surface area contributed by atoms with Gasteiger partial charge in [-0.15, -0.1) is 0 Å². The second-order valence-corrected chi connectivity index (χ2v) is 8.18. The smallest absolute Gasteiger partial charge is 0.224 e. The first-order valence-electron chi connectivity index (χ1n) is 10.3. The summed E-state index contributed by atoms with van der Waals surface area (Å²) < 4.78 is 0. The molecule has 3 unspecified atom stereocenters. The average Bonchev–Trinajstić information content (AvgIpc) is 2.82. The highest BCUT2D eigenvalue weighted by Crippen LogP contribution is 2.33. The number of nitrogens with zero attached hydrogens (tertiary/aromatic N) is 3. The molecule has 3 aliphatic rings. The lowest BCUT2D eigenvalue weighted by molar-refractivity contribution is -0.153. The summed E-state index contributed by atoms with van der Waals surface area (Å²) in [7, 11) is 0. The van der Waals surface area contributed by atoms with E-state index >= 15 is 0 Å². The van der Waals surface area contributed by atoms with Gasteiger partial charge in [-0.05, 0) is 32.6 Å². The van der Waals surface area contributed by atoms with Crippen molar-refractivity contribution in [1.29, 1.82) is 0 Å². The minimum absolute atomic E-state index is 0.0654. The Morgan fingerprint density at radius 2 is 1.77 bits per heavy atom. The van der Waals surface area contributed by atoms with Gasteiger partial charge < -0.3 is 14.7 Å². The van der Waals surface area contributed by atoms with E-state index in [4.69, 9.17) is 0 Å². The molecule has 0 N–H and O–H groups in total. The van der Waals surface area contributed by atoms with Gasteiger partial charge in [0.25, 0.3) is 0 Å². The van der Waals surface area contributed by atoms with Crippen molar-refractivity contribution in [3.05, 3.63) is 0 Å². The summed E-state index contributed by atoms with van der Waals surface area (Å²) in [4.78, 5) is 43.2.